The number of benzene rings is 1. The third-order valence-electron chi connectivity index (χ3n) is 3.23. The average Bonchev–Trinajstić information content (AvgIpc) is 2.99. The molecular formula is C16H15ClN4. The molecule has 1 aromatic carbocycles. The Kier molecular flexibility index (Phi) is 3.88. The lowest BCUT2D eigenvalue weighted by Crippen LogP contribution is -2.04. The predicted octanol–water partition coefficient (Wildman–Crippen LogP) is 3.69. The summed E-state index contributed by atoms with van der Waals surface area (Å²) >= 11 is 6.20. The summed E-state index contributed by atoms with van der Waals surface area (Å²) < 4.78 is 1.84. The molecule has 0 saturated heterocycles. The van der Waals surface area contributed by atoms with Gasteiger partial charge in [0.2, 0.25) is 0 Å². The van der Waals surface area contributed by atoms with Crippen LogP contribution in [0.25, 0.3) is 11.1 Å². The highest BCUT2D eigenvalue weighted by Gasteiger charge is 2.07. The maximum absolute atomic E-state index is 6.20. The molecule has 2 heterocycles. The number of hydrogen-bond acceptors (Lipinski definition) is 3. The molecule has 0 fully saturated rings. The van der Waals surface area contributed by atoms with E-state index in [-0.39, 0.29) is 0 Å². The van der Waals surface area contributed by atoms with Gasteiger partial charge in [-0.15, -0.1) is 0 Å². The van der Waals surface area contributed by atoms with Gasteiger partial charge in [0.15, 0.2) is 0 Å². The van der Waals surface area contributed by atoms with Crippen molar-refractivity contribution < 1.29 is 0 Å². The minimum atomic E-state index is 0.543. The van der Waals surface area contributed by atoms with Crippen molar-refractivity contribution in [3.8, 4) is 11.1 Å². The molecular weight excluding hydrogens is 284 g/mol. The molecule has 5 heteroatoms. The fraction of sp³-hybridized carbons (Fsp3) is 0.125. The van der Waals surface area contributed by atoms with E-state index >= 15 is 0 Å². The van der Waals surface area contributed by atoms with E-state index in [1.807, 2.05) is 54.5 Å². The average molecular weight is 299 g/mol. The zero-order valence-corrected chi connectivity index (χ0v) is 12.4. The molecule has 0 amide bonds. The van der Waals surface area contributed by atoms with Crippen LogP contribution in [0.3, 0.4) is 0 Å². The number of nitrogens with one attached hydrogen (secondary N) is 1. The standard InChI is InChI=1S/C16H15ClN4/c1-18-16-8-7-14(17)15(20-16)11-21-10-13(9-19-21)12-5-3-2-4-6-12/h2-10H,11H2,1H3,(H,18,20). The molecule has 0 unspecified atom stereocenters. The molecule has 2 aromatic heterocycles. The van der Waals surface area contributed by atoms with Gasteiger partial charge in [-0.3, -0.25) is 4.68 Å². The van der Waals surface area contributed by atoms with E-state index in [0.717, 1.165) is 22.6 Å². The van der Waals surface area contributed by atoms with Crippen molar-refractivity contribution in [3.05, 3.63) is 65.6 Å². The highest BCUT2D eigenvalue weighted by atomic mass is 35.5. The Morgan fingerprint density at radius 3 is 2.67 bits per heavy atom. The Labute approximate surface area is 128 Å². The summed E-state index contributed by atoms with van der Waals surface area (Å²) in [6.07, 6.45) is 3.85. The summed E-state index contributed by atoms with van der Waals surface area (Å²) in [5.74, 6) is 0.796. The first-order valence-electron chi connectivity index (χ1n) is 6.67. The van der Waals surface area contributed by atoms with Crippen LogP contribution in [0, 0.1) is 0 Å². The predicted molar refractivity (Wildman–Crippen MR) is 85.6 cm³/mol. The fourth-order valence-electron chi connectivity index (χ4n) is 2.12. The Hall–Kier alpha value is -2.33. The van der Waals surface area contributed by atoms with Crippen molar-refractivity contribution in [2.75, 3.05) is 12.4 Å². The largest absolute Gasteiger partial charge is 0.373 e. The molecule has 3 rings (SSSR count). The SMILES string of the molecule is CNc1ccc(Cl)c(Cn2cc(-c3ccccc3)cn2)n1. The van der Waals surface area contributed by atoms with Crippen molar-refractivity contribution >= 4 is 17.4 Å². The molecule has 0 bridgehead atoms. The molecule has 0 atom stereocenters. The summed E-state index contributed by atoms with van der Waals surface area (Å²) in [5.41, 5.74) is 3.02. The van der Waals surface area contributed by atoms with Gasteiger partial charge in [-0.25, -0.2) is 4.98 Å². The number of pyridine rings is 1. The molecule has 0 radical (unpaired) electrons. The summed E-state index contributed by atoms with van der Waals surface area (Å²) in [5, 5.41) is 8.04. The van der Waals surface area contributed by atoms with Crippen LogP contribution < -0.4 is 5.32 Å². The van der Waals surface area contributed by atoms with E-state index in [0.29, 0.717) is 11.6 Å². The van der Waals surface area contributed by atoms with Gasteiger partial charge in [-0.05, 0) is 17.7 Å². The van der Waals surface area contributed by atoms with Gasteiger partial charge in [-0.1, -0.05) is 41.9 Å². The minimum Gasteiger partial charge on any atom is -0.373 e. The smallest absolute Gasteiger partial charge is 0.126 e. The van der Waals surface area contributed by atoms with Gasteiger partial charge < -0.3 is 5.32 Å². The molecule has 0 spiro atoms. The number of halogens is 1. The van der Waals surface area contributed by atoms with E-state index in [9.17, 15) is 0 Å². The van der Waals surface area contributed by atoms with Gasteiger partial charge in [0.1, 0.15) is 5.82 Å². The second-order valence-electron chi connectivity index (χ2n) is 4.67. The first-order chi connectivity index (χ1) is 10.3. The van der Waals surface area contributed by atoms with E-state index in [1.54, 1.807) is 0 Å². The van der Waals surface area contributed by atoms with Crippen molar-refractivity contribution in [1.82, 2.24) is 14.8 Å². The van der Waals surface area contributed by atoms with E-state index in [4.69, 9.17) is 11.6 Å². The van der Waals surface area contributed by atoms with Gasteiger partial charge in [0.05, 0.1) is 23.5 Å². The summed E-state index contributed by atoms with van der Waals surface area (Å²) in [7, 11) is 1.83. The fourth-order valence-corrected chi connectivity index (χ4v) is 2.28. The van der Waals surface area contributed by atoms with Gasteiger partial charge in [0.25, 0.3) is 0 Å². The minimum absolute atomic E-state index is 0.543. The normalized spacial score (nSPS) is 10.6. The van der Waals surface area contributed by atoms with E-state index < -0.39 is 0 Å². The second kappa shape index (κ2) is 5.97. The first kappa shape index (κ1) is 13.6. The van der Waals surface area contributed by atoms with Crippen LogP contribution in [0.2, 0.25) is 5.02 Å². The Bertz CT molecular complexity index is 737. The Morgan fingerprint density at radius 1 is 1.10 bits per heavy atom. The van der Waals surface area contributed by atoms with Crippen molar-refractivity contribution in [2.24, 2.45) is 0 Å². The summed E-state index contributed by atoms with van der Waals surface area (Å²) in [6.45, 7) is 0.543. The maximum Gasteiger partial charge on any atom is 0.126 e. The monoisotopic (exact) mass is 298 g/mol. The zero-order chi connectivity index (χ0) is 14.7. The van der Waals surface area contributed by atoms with Crippen LogP contribution in [0.5, 0.6) is 0 Å². The molecule has 106 valence electrons. The Balaban J connectivity index is 1.85. The first-order valence-corrected chi connectivity index (χ1v) is 7.05. The van der Waals surface area contributed by atoms with Crippen LogP contribution in [0.15, 0.2) is 54.9 Å². The molecule has 0 aliphatic rings. The number of hydrogen-bond donors (Lipinski definition) is 1. The Morgan fingerprint density at radius 2 is 1.90 bits per heavy atom. The van der Waals surface area contributed by atoms with E-state index in [2.05, 4.69) is 27.5 Å². The molecule has 1 N–H and O–H groups in total. The van der Waals surface area contributed by atoms with Gasteiger partial charge in [0, 0.05) is 18.8 Å². The van der Waals surface area contributed by atoms with Crippen molar-refractivity contribution in [1.29, 1.82) is 0 Å². The quantitative estimate of drug-likeness (QED) is 0.799. The molecule has 0 saturated carbocycles. The number of anilines is 1. The van der Waals surface area contributed by atoms with Crippen molar-refractivity contribution in [2.45, 2.75) is 6.54 Å². The number of aromatic nitrogens is 3. The lowest BCUT2D eigenvalue weighted by Gasteiger charge is -2.06. The number of rotatable bonds is 4. The van der Waals surface area contributed by atoms with Gasteiger partial charge >= 0.3 is 0 Å². The van der Waals surface area contributed by atoms with Crippen LogP contribution in [0.4, 0.5) is 5.82 Å². The molecule has 3 aromatic rings. The lowest BCUT2D eigenvalue weighted by molar-refractivity contribution is 0.673. The van der Waals surface area contributed by atoms with Crippen LogP contribution in [0.1, 0.15) is 5.69 Å². The third kappa shape index (κ3) is 3.06. The third-order valence-corrected chi connectivity index (χ3v) is 3.57. The highest BCUT2D eigenvalue weighted by molar-refractivity contribution is 6.31. The lowest BCUT2D eigenvalue weighted by atomic mass is 10.1. The summed E-state index contributed by atoms with van der Waals surface area (Å²) in [4.78, 5) is 4.46. The van der Waals surface area contributed by atoms with Crippen molar-refractivity contribution in [3.63, 3.8) is 0 Å². The summed E-state index contributed by atoms with van der Waals surface area (Å²) in [6, 6.07) is 13.9. The molecule has 0 aliphatic carbocycles. The van der Waals surface area contributed by atoms with Crippen LogP contribution in [-0.4, -0.2) is 21.8 Å². The maximum atomic E-state index is 6.20. The highest BCUT2D eigenvalue weighted by Crippen LogP contribution is 2.20. The number of nitrogens with zero attached hydrogens (tertiary/aromatic N) is 3. The molecule has 21 heavy (non-hydrogen) atoms. The van der Waals surface area contributed by atoms with Crippen LogP contribution >= 0.6 is 11.6 Å². The van der Waals surface area contributed by atoms with Crippen LogP contribution in [-0.2, 0) is 6.54 Å². The second-order valence-corrected chi connectivity index (χ2v) is 5.07. The molecule has 4 nitrogen and oxygen atoms in total. The zero-order valence-electron chi connectivity index (χ0n) is 11.6. The van der Waals surface area contributed by atoms with E-state index in [1.165, 1.54) is 0 Å². The molecule has 0 aliphatic heterocycles. The van der Waals surface area contributed by atoms with Gasteiger partial charge in [-0.2, -0.15) is 5.10 Å². The topological polar surface area (TPSA) is 42.7 Å².